The summed E-state index contributed by atoms with van der Waals surface area (Å²) < 4.78 is 5.89. The van der Waals surface area contributed by atoms with Crippen LogP contribution in [0.15, 0.2) is 16.7 Å². The fraction of sp³-hybridized carbons (Fsp3) is 0.720. The monoisotopic (exact) mass is 382 g/mol. The lowest BCUT2D eigenvalue weighted by Gasteiger charge is -2.41. The minimum absolute atomic E-state index is 0.0158. The van der Waals surface area contributed by atoms with E-state index in [1.807, 2.05) is 0 Å². The summed E-state index contributed by atoms with van der Waals surface area (Å²) >= 11 is 0. The first kappa shape index (κ1) is 19.9. The van der Waals surface area contributed by atoms with E-state index >= 15 is 0 Å². The Balaban J connectivity index is 1.50. The number of benzene rings is 1. The van der Waals surface area contributed by atoms with Gasteiger partial charge < -0.3 is 4.52 Å². The van der Waals surface area contributed by atoms with Crippen LogP contribution in [0, 0.1) is 11.3 Å². The van der Waals surface area contributed by atoms with Crippen molar-refractivity contribution in [2.24, 2.45) is 11.3 Å². The number of hydrogen-bond acceptors (Lipinski definition) is 3. The third-order valence-electron chi connectivity index (χ3n) is 7.31. The zero-order valence-electron chi connectivity index (χ0n) is 18.8. The Morgan fingerprint density at radius 2 is 1.61 bits per heavy atom. The summed E-state index contributed by atoms with van der Waals surface area (Å²) in [6.45, 7) is 16.2. The Morgan fingerprint density at radius 1 is 0.929 bits per heavy atom. The molecule has 0 atom stereocenters. The summed E-state index contributed by atoms with van der Waals surface area (Å²) in [6, 6.07) is 5.35. The second-order valence-electron chi connectivity index (χ2n) is 11.3. The van der Waals surface area contributed by atoms with Crippen molar-refractivity contribution in [3.63, 3.8) is 0 Å². The molecule has 1 aromatic heterocycles. The van der Waals surface area contributed by atoms with Crippen LogP contribution in [-0.4, -0.2) is 29.2 Å². The van der Waals surface area contributed by atoms with Gasteiger partial charge in [-0.1, -0.05) is 52.8 Å². The van der Waals surface area contributed by atoms with Gasteiger partial charge in [-0.05, 0) is 61.5 Å². The molecule has 2 aliphatic rings. The maximum Gasteiger partial charge on any atom is 0.170 e. The van der Waals surface area contributed by atoms with Crippen LogP contribution in [0.4, 0.5) is 0 Å². The SMILES string of the molecule is CC(C)(C)c1noc2c3c(ccc12)CCN(C1CCC(C(C)(C)C)CC1)CC3. The average molecular weight is 383 g/mol. The summed E-state index contributed by atoms with van der Waals surface area (Å²) in [5.41, 5.74) is 5.49. The van der Waals surface area contributed by atoms with E-state index in [2.05, 4.69) is 63.7 Å². The fourth-order valence-electron chi connectivity index (χ4n) is 5.45. The molecule has 2 aromatic rings. The van der Waals surface area contributed by atoms with E-state index < -0.39 is 0 Å². The van der Waals surface area contributed by atoms with Gasteiger partial charge in [-0.3, -0.25) is 4.90 Å². The molecule has 28 heavy (non-hydrogen) atoms. The van der Waals surface area contributed by atoms with Gasteiger partial charge in [-0.2, -0.15) is 0 Å². The van der Waals surface area contributed by atoms with Crippen molar-refractivity contribution >= 4 is 11.0 Å². The predicted octanol–water partition coefficient (Wildman–Crippen LogP) is 6.13. The van der Waals surface area contributed by atoms with Gasteiger partial charge in [0.2, 0.25) is 0 Å². The van der Waals surface area contributed by atoms with Gasteiger partial charge in [0.25, 0.3) is 0 Å². The third kappa shape index (κ3) is 3.75. The molecule has 1 aromatic carbocycles. The van der Waals surface area contributed by atoms with Crippen LogP contribution in [0.1, 0.15) is 84.0 Å². The van der Waals surface area contributed by atoms with Crippen molar-refractivity contribution in [1.82, 2.24) is 10.1 Å². The highest BCUT2D eigenvalue weighted by molar-refractivity contribution is 5.84. The summed E-state index contributed by atoms with van der Waals surface area (Å²) in [5.74, 6) is 0.887. The zero-order chi connectivity index (χ0) is 20.1. The second-order valence-corrected chi connectivity index (χ2v) is 11.3. The Labute approximate surface area is 170 Å². The molecule has 0 unspecified atom stereocenters. The molecule has 1 fully saturated rings. The predicted molar refractivity (Wildman–Crippen MR) is 117 cm³/mol. The molecule has 1 aliphatic heterocycles. The highest BCUT2D eigenvalue weighted by Gasteiger charge is 2.33. The van der Waals surface area contributed by atoms with E-state index in [0.717, 1.165) is 42.6 Å². The first-order chi connectivity index (χ1) is 13.1. The topological polar surface area (TPSA) is 29.3 Å². The Morgan fingerprint density at radius 3 is 2.25 bits per heavy atom. The standard InChI is InChI=1S/C25H38N2O/c1-24(2,3)18-8-10-19(11-9-18)27-15-13-17-7-12-21-22(20(17)14-16-27)28-26-23(21)25(4,5)6/h7,12,18-19H,8-11,13-16H2,1-6H3. The molecule has 1 saturated carbocycles. The van der Waals surface area contributed by atoms with E-state index in [1.165, 1.54) is 48.7 Å². The smallest absolute Gasteiger partial charge is 0.170 e. The molecule has 4 rings (SSSR count). The molecule has 0 spiro atoms. The Kier molecular flexibility index (Phi) is 5.10. The van der Waals surface area contributed by atoms with Gasteiger partial charge in [0.05, 0.1) is 5.69 Å². The van der Waals surface area contributed by atoms with E-state index in [4.69, 9.17) is 4.52 Å². The molecule has 3 nitrogen and oxygen atoms in total. The molecule has 0 radical (unpaired) electrons. The minimum Gasteiger partial charge on any atom is -0.356 e. The van der Waals surface area contributed by atoms with E-state index in [0.29, 0.717) is 5.41 Å². The number of rotatable bonds is 1. The Hall–Kier alpha value is -1.35. The van der Waals surface area contributed by atoms with Gasteiger partial charge in [-0.15, -0.1) is 0 Å². The highest BCUT2D eigenvalue weighted by atomic mass is 16.5. The van der Waals surface area contributed by atoms with Crippen molar-refractivity contribution in [1.29, 1.82) is 0 Å². The molecule has 154 valence electrons. The molecule has 3 heteroatoms. The normalized spacial score (nSPS) is 24.9. The summed E-state index contributed by atoms with van der Waals surface area (Å²) in [6.07, 6.45) is 7.73. The quantitative estimate of drug-likeness (QED) is 0.594. The molecule has 0 N–H and O–H groups in total. The van der Waals surface area contributed by atoms with Gasteiger partial charge in [0.1, 0.15) is 0 Å². The zero-order valence-corrected chi connectivity index (χ0v) is 18.8. The van der Waals surface area contributed by atoms with E-state index in [1.54, 1.807) is 0 Å². The van der Waals surface area contributed by atoms with Crippen molar-refractivity contribution in [2.75, 3.05) is 13.1 Å². The van der Waals surface area contributed by atoms with Crippen LogP contribution in [0.25, 0.3) is 11.0 Å². The largest absolute Gasteiger partial charge is 0.356 e. The summed E-state index contributed by atoms with van der Waals surface area (Å²) in [7, 11) is 0. The van der Waals surface area contributed by atoms with Gasteiger partial charge in [0, 0.05) is 35.5 Å². The number of hydrogen-bond donors (Lipinski definition) is 0. The van der Waals surface area contributed by atoms with Gasteiger partial charge in [-0.25, -0.2) is 0 Å². The maximum absolute atomic E-state index is 5.89. The van der Waals surface area contributed by atoms with Crippen LogP contribution in [0.5, 0.6) is 0 Å². The summed E-state index contributed by atoms with van der Waals surface area (Å²) in [5, 5.41) is 5.67. The third-order valence-corrected chi connectivity index (χ3v) is 7.31. The maximum atomic E-state index is 5.89. The first-order valence-electron chi connectivity index (χ1n) is 11.3. The minimum atomic E-state index is 0.0158. The highest BCUT2D eigenvalue weighted by Crippen LogP contribution is 2.40. The van der Waals surface area contributed by atoms with Crippen molar-refractivity contribution in [3.05, 3.63) is 29.0 Å². The van der Waals surface area contributed by atoms with Crippen molar-refractivity contribution in [3.8, 4) is 0 Å². The van der Waals surface area contributed by atoms with Gasteiger partial charge >= 0.3 is 0 Å². The molecule has 0 saturated heterocycles. The number of nitrogens with zero attached hydrogens (tertiary/aromatic N) is 2. The van der Waals surface area contributed by atoms with Crippen LogP contribution in [0.3, 0.4) is 0 Å². The summed E-state index contributed by atoms with van der Waals surface area (Å²) in [4.78, 5) is 2.77. The van der Waals surface area contributed by atoms with Gasteiger partial charge in [0.15, 0.2) is 5.58 Å². The van der Waals surface area contributed by atoms with Crippen LogP contribution < -0.4 is 0 Å². The van der Waals surface area contributed by atoms with E-state index in [-0.39, 0.29) is 5.41 Å². The molecule has 2 heterocycles. The van der Waals surface area contributed by atoms with Crippen LogP contribution in [0.2, 0.25) is 0 Å². The van der Waals surface area contributed by atoms with Crippen LogP contribution >= 0.6 is 0 Å². The fourth-order valence-corrected chi connectivity index (χ4v) is 5.45. The molecule has 0 bridgehead atoms. The molecular weight excluding hydrogens is 344 g/mol. The van der Waals surface area contributed by atoms with Crippen LogP contribution in [-0.2, 0) is 18.3 Å². The number of fused-ring (bicyclic) bond motifs is 3. The second kappa shape index (κ2) is 7.16. The molecule has 0 amide bonds. The lowest BCUT2D eigenvalue weighted by molar-refractivity contribution is 0.0983. The average Bonchev–Trinajstić information content (AvgIpc) is 2.95. The Bertz CT molecular complexity index is 829. The lowest BCUT2D eigenvalue weighted by atomic mass is 9.71. The molecular formula is C25H38N2O. The van der Waals surface area contributed by atoms with Crippen molar-refractivity contribution < 1.29 is 4.52 Å². The molecule has 1 aliphatic carbocycles. The first-order valence-corrected chi connectivity index (χ1v) is 11.3. The van der Waals surface area contributed by atoms with Crippen molar-refractivity contribution in [2.45, 2.75) is 91.5 Å². The van der Waals surface area contributed by atoms with E-state index in [9.17, 15) is 0 Å². The number of aromatic nitrogens is 1. The lowest BCUT2D eigenvalue weighted by Crippen LogP contribution is -2.41.